The molecule has 0 atom stereocenters. The summed E-state index contributed by atoms with van der Waals surface area (Å²) >= 11 is 0. The molecule has 0 aliphatic carbocycles. The van der Waals surface area contributed by atoms with E-state index in [2.05, 4.69) is 4.66 Å². The molecule has 0 aliphatic heterocycles. The summed E-state index contributed by atoms with van der Waals surface area (Å²) in [5.74, 6) is -0.977. The minimum absolute atomic E-state index is 0.0310. The van der Waals surface area contributed by atoms with Gasteiger partial charge in [0, 0.05) is 12.8 Å². The Bertz CT molecular complexity index is 248. The zero-order valence-electron chi connectivity index (χ0n) is 7.86. The summed E-state index contributed by atoms with van der Waals surface area (Å²) in [5.41, 5.74) is 0. The molecular weight excluding hydrogens is 202 g/mol. The molecule has 0 spiro atoms. The van der Waals surface area contributed by atoms with Crippen LogP contribution < -0.4 is 0 Å². The second-order valence-electron chi connectivity index (χ2n) is 2.86. The van der Waals surface area contributed by atoms with Crippen LogP contribution >= 0.6 is 0 Å². The van der Waals surface area contributed by atoms with Gasteiger partial charge >= 0.3 is 5.97 Å². The van der Waals surface area contributed by atoms with Crippen LogP contribution in [0, 0.1) is 0 Å². The number of hydrogen-bond acceptors (Lipinski definition) is 4. The van der Waals surface area contributed by atoms with Gasteiger partial charge in [0.15, 0.2) is 9.68 Å². The van der Waals surface area contributed by atoms with E-state index < -0.39 is 15.7 Å². The summed E-state index contributed by atoms with van der Waals surface area (Å²) in [7, 11) is -0.728. The summed E-state index contributed by atoms with van der Waals surface area (Å²) in [4.78, 5) is 30.8. The third-order valence-corrected chi connectivity index (χ3v) is 2.83. The van der Waals surface area contributed by atoms with Gasteiger partial charge in [-0.2, -0.15) is 0 Å². The second kappa shape index (κ2) is 8.34. The van der Waals surface area contributed by atoms with Gasteiger partial charge in [-0.25, -0.2) is 4.79 Å². The number of carboxylic acids is 1. The van der Waals surface area contributed by atoms with Gasteiger partial charge in [-0.1, -0.05) is 0 Å². The van der Waals surface area contributed by atoms with Crippen LogP contribution in [-0.2, 0) is 14.4 Å². The number of ketones is 1. The molecule has 0 amide bonds. The van der Waals surface area contributed by atoms with Gasteiger partial charge in [0.2, 0.25) is 6.08 Å². The highest BCUT2D eigenvalue weighted by molar-refractivity contribution is 6.34. The van der Waals surface area contributed by atoms with Crippen molar-refractivity contribution in [1.29, 1.82) is 0 Å². The first-order chi connectivity index (χ1) is 6.66. The quantitative estimate of drug-likeness (QED) is 0.268. The number of isocyanates is 1. The standard InChI is InChI=1S/C8H13NO4Si/c10-6-9-14-5-1-2-7(11)3-4-8(12)13/h1-5,14H2,(H,12,13). The monoisotopic (exact) mass is 215 g/mol. The first-order valence-corrected chi connectivity index (χ1v) is 6.07. The lowest BCUT2D eigenvalue weighted by Gasteiger charge is -1.96. The van der Waals surface area contributed by atoms with E-state index in [1.807, 2.05) is 0 Å². The summed E-state index contributed by atoms with van der Waals surface area (Å²) < 4.78 is 3.47. The molecule has 0 saturated heterocycles. The van der Waals surface area contributed by atoms with E-state index in [4.69, 9.17) is 5.11 Å². The molecule has 78 valence electrons. The van der Waals surface area contributed by atoms with Crippen molar-refractivity contribution in [3.63, 3.8) is 0 Å². The van der Waals surface area contributed by atoms with E-state index in [1.165, 1.54) is 6.08 Å². The number of Topliss-reactive ketones (excluding diaryl/α,β-unsaturated/α-hetero) is 1. The third-order valence-electron chi connectivity index (χ3n) is 1.66. The Morgan fingerprint density at radius 1 is 1.29 bits per heavy atom. The lowest BCUT2D eigenvalue weighted by molar-refractivity contribution is -0.138. The summed E-state index contributed by atoms with van der Waals surface area (Å²) in [6.07, 6.45) is 2.58. The number of nitrogens with zero attached hydrogens (tertiary/aromatic N) is 1. The molecule has 0 bridgehead atoms. The smallest absolute Gasteiger partial charge is 0.303 e. The summed E-state index contributed by atoms with van der Waals surface area (Å²) in [5, 5.41) is 8.30. The molecule has 0 aromatic carbocycles. The van der Waals surface area contributed by atoms with Gasteiger partial charge < -0.3 is 5.11 Å². The molecule has 14 heavy (non-hydrogen) atoms. The molecule has 0 unspecified atom stereocenters. The molecule has 0 radical (unpaired) electrons. The molecule has 0 fully saturated rings. The number of rotatable bonds is 8. The van der Waals surface area contributed by atoms with E-state index in [-0.39, 0.29) is 18.6 Å². The number of carbonyl (C=O) groups is 2. The Labute approximate surface area is 84.1 Å². The maximum atomic E-state index is 11.0. The van der Waals surface area contributed by atoms with Crippen LogP contribution in [-0.4, -0.2) is 32.6 Å². The highest BCUT2D eigenvalue weighted by atomic mass is 28.2. The van der Waals surface area contributed by atoms with Crippen LogP contribution in [0.1, 0.15) is 25.7 Å². The molecule has 6 heteroatoms. The summed E-state index contributed by atoms with van der Waals surface area (Å²) in [6.45, 7) is 0. The fourth-order valence-electron chi connectivity index (χ4n) is 0.930. The highest BCUT2D eigenvalue weighted by Gasteiger charge is 2.04. The molecule has 0 heterocycles. The fourth-order valence-corrected chi connectivity index (χ4v) is 1.65. The highest BCUT2D eigenvalue weighted by Crippen LogP contribution is 2.01. The molecule has 0 aromatic rings. The average molecular weight is 215 g/mol. The van der Waals surface area contributed by atoms with Crippen molar-refractivity contribution in [2.75, 3.05) is 0 Å². The number of carboxylic acid groups (broad SMARTS) is 1. The van der Waals surface area contributed by atoms with Gasteiger partial charge in [0.05, 0.1) is 6.42 Å². The van der Waals surface area contributed by atoms with Crippen molar-refractivity contribution in [1.82, 2.24) is 0 Å². The van der Waals surface area contributed by atoms with Gasteiger partial charge in [0.1, 0.15) is 5.78 Å². The minimum atomic E-state index is -0.946. The Kier molecular flexibility index (Phi) is 7.59. The van der Waals surface area contributed by atoms with Crippen LogP contribution in [0.2, 0.25) is 6.04 Å². The van der Waals surface area contributed by atoms with Crippen molar-refractivity contribution in [2.24, 2.45) is 4.66 Å². The van der Waals surface area contributed by atoms with Crippen LogP contribution in [0.25, 0.3) is 0 Å². The molecule has 5 nitrogen and oxygen atoms in total. The zero-order chi connectivity index (χ0) is 10.8. The van der Waals surface area contributed by atoms with Crippen LogP contribution in [0.5, 0.6) is 0 Å². The van der Waals surface area contributed by atoms with Crippen LogP contribution in [0.15, 0.2) is 4.66 Å². The van der Waals surface area contributed by atoms with Crippen molar-refractivity contribution in [2.45, 2.75) is 31.7 Å². The van der Waals surface area contributed by atoms with Gasteiger partial charge in [-0.15, -0.1) is 0 Å². The SMILES string of the molecule is O=C=N[SiH2]CCCC(=O)CCC(=O)O. The minimum Gasteiger partial charge on any atom is -0.481 e. The molecule has 0 aliphatic rings. The van der Waals surface area contributed by atoms with E-state index in [0.717, 1.165) is 6.04 Å². The Morgan fingerprint density at radius 3 is 2.57 bits per heavy atom. The maximum Gasteiger partial charge on any atom is 0.303 e. The number of aliphatic carboxylic acids is 1. The fraction of sp³-hybridized carbons (Fsp3) is 0.625. The molecule has 1 N–H and O–H groups in total. The molecular formula is C8H13NO4Si. The Hall–Kier alpha value is -1.26. The zero-order valence-corrected chi connectivity index (χ0v) is 9.28. The van der Waals surface area contributed by atoms with Crippen molar-refractivity contribution >= 4 is 27.5 Å². The molecule has 0 saturated carbocycles. The predicted molar refractivity (Wildman–Crippen MR) is 52.6 cm³/mol. The normalized spacial score (nSPS) is 10.0. The Balaban J connectivity index is 3.35. The lowest BCUT2D eigenvalue weighted by atomic mass is 10.1. The Morgan fingerprint density at radius 2 is 2.00 bits per heavy atom. The van der Waals surface area contributed by atoms with E-state index >= 15 is 0 Å². The third kappa shape index (κ3) is 8.83. The van der Waals surface area contributed by atoms with Crippen molar-refractivity contribution in [3.05, 3.63) is 0 Å². The maximum absolute atomic E-state index is 11.0. The van der Waals surface area contributed by atoms with Gasteiger partial charge in [0.25, 0.3) is 0 Å². The van der Waals surface area contributed by atoms with E-state index in [1.54, 1.807) is 0 Å². The molecule has 0 rings (SSSR count). The van der Waals surface area contributed by atoms with Crippen molar-refractivity contribution < 1.29 is 19.5 Å². The first kappa shape index (κ1) is 12.7. The van der Waals surface area contributed by atoms with Crippen molar-refractivity contribution in [3.8, 4) is 0 Å². The van der Waals surface area contributed by atoms with Crippen LogP contribution in [0.4, 0.5) is 0 Å². The summed E-state index contributed by atoms with van der Waals surface area (Å²) in [6, 6.07) is 0.800. The topological polar surface area (TPSA) is 83.8 Å². The van der Waals surface area contributed by atoms with Gasteiger partial charge in [-0.3, -0.25) is 14.2 Å². The van der Waals surface area contributed by atoms with E-state index in [9.17, 15) is 14.4 Å². The average Bonchev–Trinajstić information content (AvgIpc) is 2.14. The predicted octanol–water partition coefficient (Wildman–Crippen LogP) is 0.0384. The number of hydrogen-bond donors (Lipinski definition) is 1. The lowest BCUT2D eigenvalue weighted by Crippen LogP contribution is -2.03. The van der Waals surface area contributed by atoms with E-state index in [0.29, 0.717) is 12.8 Å². The number of carbonyl (C=O) groups excluding carboxylic acids is 2. The first-order valence-electron chi connectivity index (χ1n) is 4.44. The second-order valence-corrected chi connectivity index (χ2v) is 4.33. The van der Waals surface area contributed by atoms with Crippen LogP contribution in [0.3, 0.4) is 0 Å². The van der Waals surface area contributed by atoms with Gasteiger partial charge in [-0.05, 0) is 12.5 Å². The molecule has 0 aromatic heterocycles. The largest absolute Gasteiger partial charge is 0.481 e.